The first-order valence-electron chi connectivity index (χ1n) is 11.0. The number of amides is 3. The van der Waals surface area contributed by atoms with Crippen molar-refractivity contribution in [2.75, 3.05) is 14.2 Å². The largest absolute Gasteiger partial charge is 0.497 e. The zero-order valence-electron chi connectivity index (χ0n) is 19.6. The zero-order chi connectivity index (χ0) is 25.7. The van der Waals surface area contributed by atoms with E-state index in [1.807, 2.05) is 12.1 Å². The van der Waals surface area contributed by atoms with E-state index in [-0.39, 0.29) is 11.1 Å². The van der Waals surface area contributed by atoms with Crippen molar-refractivity contribution in [3.05, 3.63) is 83.4 Å². The molecule has 184 valence electrons. The van der Waals surface area contributed by atoms with Gasteiger partial charge >= 0.3 is 0 Å². The minimum absolute atomic E-state index is 0.271. The van der Waals surface area contributed by atoms with Crippen LogP contribution in [0.1, 0.15) is 16.7 Å². The van der Waals surface area contributed by atoms with Crippen LogP contribution in [0.2, 0.25) is 0 Å². The molecule has 36 heavy (non-hydrogen) atoms. The number of benzene rings is 3. The number of primary amides is 1. The molecule has 3 N–H and O–H groups in total. The molecular formula is C27H24N2O6S. The van der Waals surface area contributed by atoms with Crippen LogP contribution in [-0.4, -0.2) is 36.5 Å². The van der Waals surface area contributed by atoms with Crippen LogP contribution in [0.3, 0.4) is 0 Å². The van der Waals surface area contributed by atoms with Crippen LogP contribution in [0, 0.1) is 0 Å². The minimum Gasteiger partial charge on any atom is -0.497 e. The highest BCUT2D eigenvalue weighted by atomic mass is 32.2. The monoisotopic (exact) mass is 504 g/mol. The number of nitrogens with one attached hydrogen (secondary N) is 1. The molecule has 0 radical (unpaired) electrons. The Labute approximate surface area is 212 Å². The summed E-state index contributed by atoms with van der Waals surface area (Å²) in [7, 11) is 3.10. The summed E-state index contributed by atoms with van der Waals surface area (Å²) in [4.78, 5) is 35.4. The molecule has 0 aliphatic carbocycles. The molecule has 0 aromatic heterocycles. The normalized spacial score (nSPS) is 15.4. The van der Waals surface area contributed by atoms with Crippen LogP contribution < -0.4 is 25.3 Å². The molecule has 1 fully saturated rings. The lowest BCUT2D eigenvalue weighted by Gasteiger charge is -2.11. The molecule has 0 saturated carbocycles. The van der Waals surface area contributed by atoms with Crippen molar-refractivity contribution in [1.29, 1.82) is 0 Å². The highest BCUT2D eigenvalue weighted by Crippen LogP contribution is 2.30. The number of hydrogen-bond donors (Lipinski definition) is 2. The molecule has 1 unspecified atom stereocenters. The molecule has 0 bridgehead atoms. The number of hydrogen-bond acceptors (Lipinski definition) is 7. The maximum atomic E-state index is 12.3. The maximum Gasteiger partial charge on any atom is 0.286 e. The first-order chi connectivity index (χ1) is 17.3. The van der Waals surface area contributed by atoms with Crippen molar-refractivity contribution in [2.24, 2.45) is 5.73 Å². The minimum atomic E-state index is -0.592. The highest BCUT2D eigenvalue weighted by molar-refractivity contribution is 8.15. The van der Waals surface area contributed by atoms with Gasteiger partial charge in [-0.2, -0.15) is 0 Å². The molecule has 9 heteroatoms. The van der Waals surface area contributed by atoms with E-state index >= 15 is 0 Å². The van der Waals surface area contributed by atoms with Crippen molar-refractivity contribution in [3.8, 4) is 23.0 Å². The third-order valence-electron chi connectivity index (χ3n) is 5.44. The van der Waals surface area contributed by atoms with E-state index in [1.54, 1.807) is 74.9 Å². The Morgan fingerprint density at radius 3 is 2.22 bits per heavy atom. The molecule has 1 heterocycles. The van der Waals surface area contributed by atoms with Gasteiger partial charge in [0.25, 0.3) is 5.24 Å². The van der Waals surface area contributed by atoms with Crippen LogP contribution >= 0.6 is 11.8 Å². The van der Waals surface area contributed by atoms with E-state index < -0.39 is 11.2 Å². The summed E-state index contributed by atoms with van der Waals surface area (Å²) in [5.74, 6) is 1.41. The molecule has 3 aromatic carbocycles. The van der Waals surface area contributed by atoms with E-state index in [1.165, 1.54) is 0 Å². The van der Waals surface area contributed by atoms with Gasteiger partial charge in [-0.3, -0.25) is 19.7 Å². The van der Waals surface area contributed by atoms with Gasteiger partial charge in [0, 0.05) is 11.6 Å². The van der Waals surface area contributed by atoms with Crippen molar-refractivity contribution in [3.63, 3.8) is 0 Å². The van der Waals surface area contributed by atoms with Crippen LogP contribution in [-0.2, 0) is 16.0 Å². The first kappa shape index (κ1) is 24.9. The molecule has 3 amide bonds. The number of nitrogens with two attached hydrogens (primary N) is 1. The van der Waals surface area contributed by atoms with E-state index in [0.29, 0.717) is 46.1 Å². The summed E-state index contributed by atoms with van der Waals surface area (Å²) in [5.41, 5.74) is 8.19. The first-order valence-corrected chi connectivity index (χ1v) is 11.9. The van der Waals surface area contributed by atoms with Gasteiger partial charge in [-0.1, -0.05) is 36.0 Å². The summed E-state index contributed by atoms with van der Waals surface area (Å²) in [6.07, 6.45) is 2.11. The lowest BCUT2D eigenvalue weighted by atomic mass is 10.0. The van der Waals surface area contributed by atoms with Crippen LogP contribution in [0.4, 0.5) is 4.79 Å². The summed E-state index contributed by atoms with van der Waals surface area (Å²) >= 11 is 0.999. The lowest BCUT2D eigenvalue weighted by Crippen LogP contribution is -2.25. The average molecular weight is 505 g/mol. The summed E-state index contributed by atoms with van der Waals surface area (Å²) in [6.45, 7) is 0. The predicted octanol–water partition coefficient (Wildman–Crippen LogP) is 4.42. The van der Waals surface area contributed by atoms with E-state index in [4.69, 9.17) is 19.9 Å². The maximum absolute atomic E-state index is 12.3. The van der Waals surface area contributed by atoms with Gasteiger partial charge < -0.3 is 19.9 Å². The summed E-state index contributed by atoms with van der Waals surface area (Å²) < 4.78 is 16.6. The second kappa shape index (κ2) is 11.0. The zero-order valence-corrected chi connectivity index (χ0v) is 20.5. The molecule has 8 nitrogen and oxygen atoms in total. The Balaban J connectivity index is 1.53. The topological polar surface area (TPSA) is 117 Å². The molecule has 1 atom stereocenters. The van der Waals surface area contributed by atoms with Crippen LogP contribution in [0.25, 0.3) is 11.6 Å². The standard InChI is InChI=1S/C27H24N2O6S/c1-33-21-10-17(11-22(15-21)34-2)12-23(25(28)30)18-4-3-5-20(14-18)35-19-8-6-16(7-9-19)13-24-26(31)29-27(32)36-24/h3-12,14-15,24H,13H2,1-2H3,(H2,28,30)(H,29,31,32)/b23-12+. The molecule has 1 saturated heterocycles. The average Bonchev–Trinajstić information content (AvgIpc) is 3.19. The van der Waals surface area contributed by atoms with Gasteiger partial charge in [-0.25, -0.2) is 0 Å². The van der Waals surface area contributed by atoms with Gasteiger partial charge in [-0.15, -0.1) is 0 Å². The fourth-order valence-corrected chi connectivity index (χ4v) is 4.53. The van der Waals surface area contributed by atoms with Gasteiger partial charge in [0.05, 0.1) is 19.5 Å². The smallest absolute Gasteiger partial charge is 0.286 e. The number of carbonyl (C=O) groups excluding carboxylic acids is 3. The Morgan fingerprint density at radius 2 is 1.64 bits per heavy atom. The molecule has 1 aliphatic heterocycles. The second-order valence-corrected chi connectivity index (χ2v) is 9.10. The number of imide groups is 1. The van der Waals surface area contributed by atoms with Gasteiger partial charge in [0.1, 0.15) is 23.0 Å². The van der Waals surface area contributed by atoms with Crippen LogP contribution in [0.5, 0.6) is 23.0 Å². The quantitative estimate of drug-likeness (QED) is 0.327. The molecular weight excluding hydrogens is 480 g/mol. The fourth-order valence-electron chi connectivity index (χ4n) is 3.67. The fraction of sp³-hybridized carbons (Fsp3) is 0.148. The molecule has 1 aliphatic rings. The van der Waals surface area contributed by atoms with E-state index in [0.717, 1.165) is 17.3 Å². The number of thioether (sulfide) groups is 1. The van der Waals surface area contributed by atoms with E-state index in [9.17, 15) is 14.4 Å². The highest BCUT2D eigenvalue weighted by Gasteiger charge is 2.31. The Morgan fingerprint density at radius 1 is 0.944 bits per heavy atom. The van der Waals surface area contributed by atoms with Crippen molar-refractivity contribution >= 4 is 40.5 Å². The lowest BCUT2D eigenvalue weighted by molar-refractivity contribution is -0.119. The van der Waals surface area contributed by atoms with Gasteiger partial charge in [0.2, 0.25) is 11.8 Å². The second-order valence-electron chi connectivity index (χ2n) is 7.93. The van der Waals surface area contributed by atoms with Gasteiger partial charge in [0.15, 0.2) is 0 Å². The number of rotatable bonds is 9. The SMILES string of the molecule is COc1cc(/C=C(/C(N)=O)c2cccc(Oc3ccc(CC4SC(=O)NC4=O)cc3)c2)cc(OC)c1. The van der Waals surface area contributed by atoms with E-state index in [2.05, 4.69) is 5.32 Å². The third-order valence-corrected chi connectivity index (χ3v) is 6.42. The Bertz CT molecular complexity index is 1310. The Hall–Kier alpha value is -4.24. The van der Waals surface area contributed by atoms with Gasteiger partial charge in [-0.05, 0) is 65.6 Å². The molecule has 4 rings (SSSR count). The molecule has 0 spiro atoms. The Kier molecular flexibility index (Phi) is 7.60. The predicted molar refractivity (Wildman–Crippen MR) is 138 cm³/mol. The number of methoxy groups -OCH3 is 2. The molecule has 3 aromatic rings. The summed E-state index contributed by atoms with van der Waals surface area (Å²) in [5, 5.41) is 1.54. The number of ether oxygens (including phenoxy) is 3. The van der Waals surface area contributed by atoms with Crippen LogP contribution in [0.15, 0.2) is 66.7 Å². The third kappa shape index (κ3) is 6.05. The van der Waals surface area contributed by atoms with Crippen molar-refractivity contribution in [2.45, 2.75) is 11.7 Å². The summed E-state index contributed by atoms with van der Waals surface area (Å²) in [6, 6.07) is 19.6. The number of carbonyl (C=O) groups is 3. The van der Waals surface area contributed by atoms with Crippen molar-refractivity contribution < 1.29 is 28.6 Å². The van der Waals surface area contributed by atoms with Crippen molar-refractivity contribution in [1.82, 2.24) is 5.32 Å².